The topological polar surface area (TPSA) is 17.1 Å². The summed E-state index contributed by atoms with van der Waals surface area (Å²) in [5, 5.41) is 0.341. The van der Waals surface area contributed by atoms with Gasteiger partial charge in [-0.15, -0.1) is 0 Å². The Labute approximate surface area is 102 Å². The highest BCUT2D eigenvalue weighted by Crippen LogP contribution is 2.46. The Bertz CT molecular complexity index is 392. The number of rotatable bonds is 1. The van der Waals surface area contributed by atoms with E-state index in [2.05, 4.69) is 45.0 Å². The van der Waals surface area contributed by atoms with Gasteiger partial charge < -0.3 is 0 Å². The van der Waals surface area contributed by atoms with Crippen LogP contribution in [0.3, 0.4) is 0 Å². The van der Waals surface area contributed by atoms with Crippen molar-refractivity contribution < 1.29 is 4.79 Å². The highest BCUT2D eigenvalue weighted by molar-refractivity contribution is 8.14. The van der Waals surface area contributed by atoms with Crippen LogP contribution in [0.1, 0.15) is 43.7 Å². The molecule has 0 saturated carbocycles. The van der Waals surface area contributed by atoms with Crippen LogP contribution in [0.5, 0.6) is 0 Å². The molecule has 0 aromatic heterocycles. The van der Waals surface area contributed by atoms with Gasteiger partial charge in [0.25, 0.3) is 0 Å². The summed E-state index contributed by atoms with van der Waals surface area (Å²) in [6, 6.07) is 8.73. The predicted octanol–water partition coefficient (Wildman–Crippen LogP) is 3.91. The highest BCUT2D eigenvalue weighted by atomic mass is 32.2. The fourth-order valence-corrected chi connectivity index (χ4v) is 3.60. The van der Waals surface area contributed by atoms with Gasteiger partial charge >= 0.3 is 0 Å². The first-order valence-corrected chi connectivity index (χ1v) is 6.59. The molecular weight excluding hydrogens is 216 g/mol. The molecular formula is C14H18OS. The summed E-state index contributed by atoms with van der Waals surface area (Å²) in [5.74, 6) is 0.496. The van der Waals surface area contributed by atoms with Crippen LogP contribution in [0, 0.1) is 6.92 Å². The molecule has 1 fully saturated rings. The third-order valence-electron chi connectivity index (χ3n) is 3.33. The smallest absolute Gasteiger partial charge is 0.189 e. The minimum absolute atomic E-state index is 0.0323. The molecule has 0 spiro atoms. The Balaban J connectivity index is 2.26. The van der Waals surface area contributed by atoms with Crippen LogP contribution in [0.15, 0.2) is 24.3 Å². The maximum atomic E-state index is 11.5. The lowest BCUT2D eigenvalue weighted by Gasteiger charge is -2.37. The van der Waals surface area contributed by atoms with Crippen LogP contribution in [-0.2, 0) is 4.79 Å². The molecule has 0 N–H and O–H groups in total. The lowest BCUT2D eigenvalue weighted by Crippen LogP contribution is -2.31. The summed E-state index contributed by atoms with van der Waals surface area (Å²) in [7, 11) is 0. The van der Waals surface area contributed by atoms with Gasteiger partial charge in [-0.1, -0.05) is 41.6 Å². The van der Waals surface area contributed by atoms with E-state index in [9.17, 15) is 4.79 Å². The van der Waals surface area contributed by atoms with Gasteiger partial charge in [0.1, 0.15) is 0 Å². The lowest BCUT2D eigenvalue weighted by molar-refractivity contribution is -0.111. The Morgan fingerprint density at radius 1 is 1.25 bits per heavy atom. The average Bonchev–Trinajstić information content (AvgIpc) is 2.18. The van der Waals surface area contributed by atoms with Gasteiger partial charge in [0.15, 0.2) is 5.12 Å². The Morgan fingerprint density at radius 3 is 2.44 bits per heavy atom. The van der Waals surface area contributed by atoms with Crippen LogP contribution in [-0.4, -0.2) is 9.86 Å². The first-order valence-electron chi connectivity index (χ1n) is 5.77. The maximum Gasteiger partial charge on any atom is 0.189 e. The van der Waals surface area contributed by atoms with E-state index in [1.54, 1.807) is 0 Å². The molecule has 1 aromatic carbocycles. The van der Waals surface area contributed by atoms with Crippen LogP contribution in [0.25, 0.3) is 0 Å². The molecule has 1 atom stereocenters. The summed E-state index contributed by atoms with van der Waals surface area (Å²) < 4.78 is 0.0323. The molecule has 86 valence electrons. The van der Waals surface area contributed by atoms with Crippen molar-refractivity contribution in [3.63, 3.8) is 0 Å². The van der Waals surface area contributed by atoms with Gasteiger partial charge in [-0.05, 0) is 38.7 Å². The van der Waals surface area contributed by atoms with Crippen molar-refractivity contribution in [1.29, 1.82) is 0 Å². The second-order valence-electron chi connectivity index (χ2n) is 5.08. The zero-order chi connectivity index (χ0) is 11.8. The fraction of sp³-hybridized carbons (Fsp3) is 0.500. The number of aryl methyl sites for hydroxylation is 1. The van der Waals surface area contributed by atoms with Crippen LogP contribution in [0.2, 0.25) is 0 Å². The normalized spacial score (nSPS) is 24.4. The van der Waals surface area contributed by atoms with E-state index in [-0.39, 0.29) is 4.75 Å². The van der Waals surface area contributed by atoms with E-state index in [0.29, 0.717) is 17.5 Å². The Morgan fingerprint density at radius 2 is 1.88 bits per heavy atom. The number of carbonyl (C=O) groups is 1. The van der Waals surface area contributed by atoms with Crippen molar-refractivity contribution in [2.24, 2.45) is 0 Å². The Kier molecular flexibility index (Phi) is 3.11. The third kappa shape index (κ3) is 2.32. The summed E-state index contributed by atoms with van der Waals surface area (Å²) in [6.07, 6.45) is 1.70. The second kappa shape index (κ2) is 4.25. The quantitative estimate of drug-likeness (QED) is 0.733. The summed E-state index contributed by atoms with van der Waals surface area (Å²) >= 11 is 1.51. The first kappa shape index (κ1) is 11.7. The molecule has 0 radical (unpaired) electrons. The van der Waals surface area contributed by atoms with Gasteiger partial charge in [0.2, 0.25) is 0 Å². The van der Waals surface area contributed by atoms with Crippen molar-refractivity contribution in [2.45, 2.75) is 44.3 Å². The van der Waals surface area contributed by atoms with E-state index < -0.39 is 0 Å². The summed E-state index contributed by atoms with van der Waals surface area (Å²) in [4.78, 5) is 11.5. The summed E-state index contributed by atoms with van der Waals surface area (Å²) in [6.45, 7) is 6.46. The summed E-state index contributed by atoms with van der Waals surface area (Å²) in [5.41, 5.74) is 2.66. The van der Waals surface area contributed by atoms with Gasteiger partial charge in [-0.2, -0.15) is 0 Å². The molecule has 1 nitrogen and oxygen atoms in total. The fourth-order valence-electron chi connectivity index (χ4n) is 2.39. The van der Waals surface area contributed by atoms with Gasteiger partial charge in [-0.25, -0.2) is 0 Å². The minimum Gasteiger partial charge on any atom is -0.287 e. The molecule has 0 amide bonds. The van der Waals surface area contributed by atoms with Crippen molar-refractivity contribution in [2.75, 3.05) is 0 Å². The standard InChI is InChI=1S/C14H18OS/c1-10-4-6-11(7-5-10)12-8-9-13(15)16-14(12,2)3/h4-7,12H,8-9H2,1-3H3. The van der Waals surface area contributed by atoms with E-state index >= 15 is 0 Å². The highest BCUT2D eigenvalue weighted by Gasteiger charge is 2.37. The minimum atomic E-state index is 0.0323. The van der Waals surface area contributed by atoms with Gasteiger partial charge in [0, 0.05) is 11.2 Å². The molecule has 1 aliphatic heterocycles. The van der Waals surface area contributed by atoms with E-state index in [1.165, 1.54) is 22.9 Å². The van der Waals surface area contributed by atoms with Crippen LogP contribution in [0.4, 0.5) is 0 Å². The first-order chi connectivity index (χ1) is 7.49. The number of hydrogen-bond donors (Lipinski definition) is 0. The zero-order valence-electron chi connectivity index (χ0n) is 10.1. The number of carbonyl (C=O) groups excluding carboxylic acids is 1. The van der Waals surface area contributed by atoms with Gasteiger partial charge in [0.05, 0.1) is 0 Å². The van der Waals surface area contributed by atoms with Crippen LogP contribution < -0.4 is 0 Å². The van der Waals surface area contributed by atoms with Crippen molar-refractivity contribution in [1.82, 2.24) is 0 Å². The maximum absolute atomic E-state index is 11.5. The van der Waals surface area contributed by atoms with Crippen molar-refractivity contribution in [3.8, 4) is 0 Å². The van der Waals surface area contributed by atoms with Crippen molar-refractivity contribution in [3.05, 3.63) is 35.4 Å². The molecule has 1 aromatic rings. The zero-order valence-corrected chi connectivity index (χ0v) is 10.9. The molecule has 0 aliphatic carbocycles. The average molecular weight is 234 g/mol. The SMILES string of the molecule is Cc1ccc(C2CCC(=O)SC2(C)C)cc1. The van der Waals surface area contributed by atoms with E-state index in [0.717, 1.165) is 6.42 Å². The third-order valence-corrected chi connectivity index (χ3v) is 4.58. The Hall–Kier alpha value is -0.760. The molecule has 2 heteroatoms. The molecule has 1 heterocycles. The van der Waals surface area contributed by atoms with Crippen molar-refractivity contribution >= 4 is 16.9 Å². The molecule has 16 heavy (non-hydrogen) atoms. The monoisotopic (exact) mass is 234 g/mol. The number of thioether (sulfide) groups is 1. The number of hydrogen-bond acceptors (Lipinski definition) is 2. The molecule has 1 saturated heterocycles. The molecule has 1 aliphatic rings. The van der Waals surface area contributed by atoms with E-state index in [4.69, 9.17) is 0 Å². The molecule has 0 bridgehead atoms. The lowest BCUT2D eigenvalue weighted by atomic mass is 9.83. The molecule has 1 unspecified atom stereocenters. The van der Waals surface area contributed by atoms with Crippen LogP contribution >= 0.6 is 11.8 Å². The largest absolute Gasteiger partial charge is 0.287 e. The second-order valence-corrected chi connectivity index (χ2v) is 6.79. The molecule has 2 rings (SSSR count). The number of benzene rings is 1. The predicted molar refractivity (Wildman–Crippen MR) is 69.8 cm³/mol. The van der Waals surface area contributed by atoms with Gasteiger partial charge in [-0.3, -0.25) is 4.79 Å². The van der Waals surface area contributed by atoms with E-state index in [1.807, 2.05) is 0 Å².